The maximum absolute atomic E-state index is 2.46. The number of nitrogens with zero attached hydrogens (tertiary/aromatic N) is 2. The molecule has 50 heavy (non-hydrogen) atoms. The first-order chi connectivity index (χ1) is 24.8. The topological polar surface area (TPSA) is 9.34 Å². The van der Waals surface area contributed by atoms with Gasteiger partial charge in [-0.3, -0.25) is 0 Å². The molecule has 2 nitrogen and oxygen atoms in total. The molecule has 0 spiro atoms. The fourth-order valence-electron chi connectivity index (χ4n) is 8.33. The lowest BCUT2D eigenvalue weighted by Crippen LogP contribution is -1.93. The zero-order valence-electron chi connectivity index (χ0n) is 27.2. The van der Waals surface area contributed by atoms with Gasteiger partial charge in [-0.2, -0.15) is 0 Å². The molecule has 0 N–H and O–H groups in total. The van der Waals surface area contributed by atoms with Crippen molar-refractivity contribution in [3.05, 3.63) is 182 Å². The third-order valence-corrected chi connectivity index (χ3v) is 10.7. The molecule has 0 aliphatic rings. The Morgan fingerprint density at radius 3 is 1.46 bits per heavy atom. The average Bonchev–Trinajstić information content (AvgIpc) is 3.83. The van der Waals surface area contributed by atoms with Crippen molar-refractivity contribution in [3.8, 4) is 39.1 Å². The van der Waals surface area contributed by atoms with E-state index in [1.807, 2.05) is 0 Å². The maximum atomic E-state index is 2.46. The third-order valence-electron chi connectivity index (χ3n) is 10.7. The molecular formula is C48H30N2. The van der Waals surface area contributed by atoms with Crippen LogP contribution < -0.4 is 0 Å². The van der Waals surface area contributed by atoms with Gasteiger partial charge in [-0.05, 0) is 75.8 Å². The molecule has 0 unspecified atom stereocenters. The number of hydrogen-bond acceptors (Lipinski definition) is 0. The Hall–Kier alpha value is -6.64. The van der Waals surface area contributed by atoms with Gasteiger partial charge in [0.05, 0.1) is 27.6 Å². The van der Waals surface area contributed by atoms with E-state index in [9.17, 15) is 0 Å². The van der Waals surface area contributed by atoms with Crippen LogP contribution in [-0.2, 0) is 0 Å². The van der Waals surface area contributed by atoms with Gasteiger partial charge in [-0.15, -0.1) is 0 Å². The molecule has 0 atom stereocenters. The summed E-state index contributed by atoms with van der Waals surface area (Å²) >= 11 is 0. The van der Waals surface area contributed by atoms with Crippen LogP contribution in [0.1, 0.15) is 0 Å². The second kappa shape index (κ2) is 10.4. The molecule has 0 aliphatic heterocycles. The van der Waals surface area contributed by atoms with E-state index in [1.165, 1.54) is 93.3 Å². The Morgan fingerprint density at radius 2 is 0.740 bits per heavy atom. The summed E-state index contributed by atoms with van der Waals surface area (Å²) < 4.78 is 4.86. The highest BCUT2D eigenvalue weighted by molar-refractivity contribution is 6.23. The summed E-state index contributed by atoms with van der Waals surface area (Å²) in [5.74, 6) is 0. The minimum atomic E-state index is 1.16. The van der Waals surface area contributed by atoms with E-state index < -0.39 is 0 Å². The van der Waals surface area contributed by atoms with Gasteiger partial charge < -0.3 is 8.97 Å². The van der Waals surface area contributed by atoms with Crippen molar-refractivity contribution >= 4 is 59.9 Å². The number of hydrogen-bond donors (Lipinski definition) is 0. The molecule has 0 bridgehead atoms. The van der Waals surface area contributed by atoms with Crippen molar-refractivity contribution in [3.63, 3.8) is 0 Å². The minimum absolute atomic E-state index is 1.16. The number of rotatable bonds is 4. The van der Waals surface area contributed by atoms with Gasteiger partial charge in [0.2, 0.25) is 0 Å². The van der Waals surface area contributed by atoms with Gasteiger partial charge in [-0.1, -0.05) is 140 Å². The first-order valence-corrected chi connectivity index (χ1v) is 17.3. The van der Waals surface area contributed by atoms with E-state index in [0.717, 1.165) is 5.69 Å². The van der Waals surface area contributed by atoms with Gasteiger partial charge in [0.25, 0.3) is 0 Å². The lowest BCUT2D eigenvalue weighted by molar-refractivity contribution is 1.18. The van der Waals surface area contributed by atoms with E-state index in [4.69, 9.17) is 0 Å². The van der Waals surface area contributed by atoms with Crippen LogP contribution in [0.15, 0.2) is 182 Å². The van der Waals surface area contributed by atoms with Crippen LogP contribution in [0.25, 0.3) is 99.0 Å². The summed E-state index contributed by atoms with van der Waals surface area (Å²) in [6.07, 6.45) is 0. The smallest absolute Gasteiger partial charge is 0.0620 e. The Labute approximate surface area is 289 Å². The molecule has 0 radical (unpaired) electrons. The van der Waals surface area contributed by atoms with Crippen molar-refractivity contribution in [2.75, 3.05) is 0 Å². The number of fused-ring (bicyclic) bond motifs is 9. The minimum Gasteiger partial charge on any atom is -0.309 e. The van der Waals surface area contributed by atoms with Crippen molar-refractivity contribution < 1.29 is 0 Å². The van der Waals surface area contributed by atoms with Crippen LogP contribution in [0.3, 0.4) is 0 Å². The Balaban J connectivity index is 1.02. The zero-order chi connectivity index (χ0) is 32.8. The number of para-hydroxylation sites is 3. The SMILES string of the molecule is c1ccc(-c2ccc(-c3ccc(-n4c5ccccc5c5cc(-c6ccc7c8cccc9c%10ccccc%10n(c7c6)c98)ccc54)cc3)cc2)cc1. The third kappa shape index (κ3) is 3.90. The molecule has 2 heteroatoms. The molecule has 232 valence electrons. The summed E-state index contributed by atoms with van der Waals surface area (Å²) in [6.45, 7) is 0. The summed E-state index contributed by atoms with van der Waals surface area (Å²) in [4.78, 5) is 0. The molecule has 3 heterocycles. The van der Waals surface area contributed by atoms with Gasteiger partial charge in [0.1, 0.15) is 0 Å². The summed E-state index contributed by atoms with van der Waals surface area (Å²) in [5, 5.41) is 7.76. The predicted octanol–water partition coefficient (Wildman–Crippen LogP) is 12.9. The van der Waals surface area contributed by atoms with Crippen molar-refractivity contribution in [1.29, 1.82) is 0 Å². The number of aromatic nitrogens is 2. The molecule has 8 aromatic carbocycles. The van der Waals surface area contributed by atoms with E-state index >= 15 is 0 Å². The van der Waals surface area contributed by atoms with Crippen molar-refractivity contribution in [2.45, 2.75) is 0 Å². The molecule has 11 rings (SSSR count). The van der Waals surface area contributed by atoms with Crippen LogP contribution in [-0.4, -0.2) is 8.97 Å². The van der Waals surface area contributed by atoms with E-state index in [-0.39, 0.29) is 0 Å². The van der Waals surface area contributed by atoms with Gasteiger partial charge in [0, 0.05) is 38.0 Å². The highest BCUT2D eigenvalue weighted by atomic mass is 15.0. The first kappa shape index (κ1) is 27.3. The second-order valence-corrected chi connectivity index (χ2v) is 13.4. The van der Waals surface area contributed by atoms with Crippen molar-refractivity contribution in [2.24, 2.45) is 0 Å². The van der Waals surface area contributed by atoms with Crippen molar-refractivity contribution in [1.82, 2.24) is 8.97 Å². The normalized spacial score (nSPS) is 12.0. The van der Waals surface area contributed by atoms with Crippen LogP contribution >= 0.6 is 0 Å². The van der Waals surface area contributed by atoms with E-state index in [0.29, 0.717) is 0 Å². The van der Waals surface area contributed by atoms with E-state index in [2.05, 4.69) is 191 Å². The standard InChI is InChI=1S/C48H30N2/c1-2-9-31(10-3-1)32-17-19-33(20-18-32)34-21-25-37(26-22-34)49-44-15-6-5-12-39(44)43-29-35(24-28-46(43)49)36-23-27-40-42-14-8-13-41-38-11-4-7-16-45(38)50(48(41)42)47(40)30-36/h1-30H. The summed E-state index contributed by atoms with van der Waals surface area (Å²) in [5.41, 5.74) is 14.8. The quantitative estimate of drug-likeness (QED) is 0.182. The fourth-order valence-corrected chi connectivity index (χ4v) is 8.33. The molecule has 3 aromatic heterocycles. The largest absolute Gasteiger partial charge is 0.309 e. The average molecular weight is 635 g/mol. The van der Waals surface area contributed by atoms with E-state index in [1.54, 1.807) is 0 Å². The lowest BCUT2D eigenvalue weighted by atomic mass is 10.00. The highest BCUT2D eigenvalue weighted by Gasteiger charge is 2.18. The van der Waals surface area contributed by atoms with Crippen LogP contribution in [0, 0.1) is 0 Å². The Bertz CT molecular complexity index is 3050. The second-order valence-electron chi connectivity index (χ2n) is 13.4. The maximum Gasteiger partial charge on any atom is 0.0620 e. The monoisotopic (exact) mass is 634 g/mol. The zero-order valence-corrected chi connectivity index (χ0v) is 27.2. The van der Waals surface area contributed by atoms with Crippen LogP contribution in [0.5, 0.6) is 0 Å². The van der Waals surface area contributed by atoms with Gasteiger partial charge >= 0.3 is 0 Å². The molecule has 11 aromatic rings. The Kier molecular flexibility index (Phi) is 5.70. The van der Waals surface area contributed by atoms with Gasteiger partial charge in [0.15, 0.2) is 0 Å². The molecule has 0 saturated carbocycles. The summed E-state index contributed by atoms with van der Waals surface area (Å²) in [7, 11) is 0. The molecule has 0 amide bonds. The highest BCUT2D eigenvalue weighted by Crippen LogP contribution is 2.41. The molecule has 0 aliphatic carbocycles. The molecule has 0 saturated heterocycles. The summed E-state index contributed by atoms with van der Waals surface area (Å²) in [6, 6.07) is 66.6. The predicted molar refractivity (Wildman–Crippen MR) is 212 cm³/mol. The molecule has 0 fully saturated rings. The first-order valence-electron chi connectivity index (χ1n) is 17.3. The van der Waals surface area contributed by atoms with Crippen LogP contribution in [0.4, 0.5) is 0 Å². The molecular weight excluding hydrogens is 605 g/mol. The number of benzene rings is 8. The van der Waals surface area contributed by atoms with Crippen LogP contribution in [0.2, 0.25) is 0 Å². The Morgan fingerprint density at radius 1 is 0.260 bits per heavy atom. The van der Waals surface area contributed by atoms with Gasteiger partial charge in [-0.25, -0.2) is 0 Å². The lowest BCUT2D eigenvalue weighted by Gasteiger charge is -2.10. The fraction of sp³-hybridized carbons (Fsp3) is 0.